The van der Waals surface area contributed by atoms with Crippen LogP contribution in [0.25, 0.3) is 0 Å². The first-order chi connectivity index (χ1) is 6.28. The van der Waals surface area contributed by atoms with Crippen LogP contribution in [0.15, 0.2) is 0 Å². The molecule has 78 valence electrons. The smallest absolute Gasteiger partial charge is 0.267 e. The molecule has 0 N–H and O–H groups in total. The summed E-state index contributed by atoms with van der Waals surface area (Å²) in [6, 6.07) is 1.81. The number of hydrogen-bond acceptors (Lipinski definition) is 2. The van der Waals surface area contributed by atoms with E-state index in [0.29, 0.717) is 0 Å². The predicted molar refractivity (Wildman–Crippen MR) is 45.5 cm³/mol. The monoisotopic (exact) mass is 202 g/mol. The second-order valence-electron chi connectivity index (χ2n) is 4.07. The molecule has 1 amide bonds. The van der Waals surface area contributed by atoms with Crippen molar-refractivity contribution in [2.24, 2.45) is 5.41 Å². The lowest BCUT2D eigenvalue weighted by molar-refractivity contribution is -0.137. The van der Waals surface area contributed by atoms with Crippen molar-refractivity contribution in [2.45, 2.75) is 26.2 Å². The first kappa shape index (κ1) is 10.9. The maximum Gasteiger partial charge on any atom is 0.267 e. The molecule has 1 aliphatic rings. The van der Waals surface area contributed by atoms with Crippen LogP contribution in [0.3, 0.4) is 0 Å². The Kier molecular flexibility index (Phi) is 2.49. The van der Waals surface area contributed by atoms with Crippen molar-refractivity contribution in [3.05, 3.63) is 0 Å². The lowest BCUT2D eigenvalue weighted by Gasteiger charge is -2.23. The van der Waals surface area contributed by atoms with E-state index >= 15 is 0 Å². The van der Waals surface area contributed by atoms with Gasteiger partial charge in [0, 0.05) is 13.0 Å². The first-order valence-corrected chi connectivity index (χ1v) is 4.37. The Morgan fingerprint density at radius 2 is 2.14 bits per heavy atom. The molecule has 0 aromatic carbocycles. The summed E-state index contributed by atoms with van der Waals surface area (Å²) in [5.74, 6) is -3.31. The minimum absolute atomic E-state index is 0.0386. The molecule has 0 aromatic rings. The molecule has 1 saturated heterocycles. The second kappa shape index (κ2) is 3.19. The van der Waals surface area contributed by atoms with Crippen LogP contribution in [0.1, 0.15) is 20.3 Å². The molecule has 0 aromatic heterocycles. The van der Waals surface area contributed by atoms with E-state index in [1.165, 1.54) is 13.8 Å². The van der Waals surface area contributed by atoms with Crippen LogP contribution in [-0.4, -0.2) is 29.8 Å². The third-order valence-corrected chi connectivity index (χ3v) is 2.27. The molecule has 1 rings (SSSR count). The van der Waals surface area contributed by atoms with Gasteiger partial charge in [-0.2, -0.15) is 5.26 Å². The van der Waals surface area contributed by atoms with Gasteiger partial charge in [0.05, 0.1) is 12.6 Å². The van der Waals surface area contributed by atoms with Crippen molar-refractivity contribution in [3.63, 3.8) is 0 Å². The van der Waals surface area contributed by atoms with Crippen molar-refractivity contribution in [1.29, 1.82) is 5.26 Å². The van der Waals surface area contributed by atoms with Crippen LogP contribution in [0.2, 0.25) is 0 Å². The van der Waals surface area contributed by atoms with Gasteiger partial charge in [-0.25, -0.2) is 8.78 Å². The van der Waals surface area contributed by atoms with Crippen molar-refractivity contribution < 1.29 is 13.6 Å². The highest BCUT2D eigenvalue weighted by molar-refractivity contribution is 5.84. The highest BCUT2D eigenvalue weighted by Crippen LogP contribution is 2.30. The van der Waals surface area contributed by atoms with Gasteiger partial charge in [0.25, 0.3) is 5.92 Å². The molecular weight excluding hydrogens is 190 g/mol. The molecular formula is C9H12F2N2O. The maximum absolute atomic E-state index is 12.8. The number of carbonyl (C=O) groups excluding carboxylic acids is 1. The highest BCUT2D eigenvalue weighted by atomic mass is 19.3. The van der Waals surface area contributed by atoms with Gasteiger partial charge in [-0.3, -0.25) is 4.79 Å². The van der Waals surface area contributed by atoms with Gasteiger partial charge in [-0.15, -0.1) is 0 Å². The SMILES string of the molecule is CC(C)(C#N)C(=O)N1CCC(F)(F)C1. The predicted octanol–water partition coefficient (Wildman–Crippen LogP) is 1.40. The Bertz CT molecular complexity index is 294. The quantitative estimate of drug-likeness (QED) is 0.645. The fraction of sp³-hybridized carbons (Fsp3) is 0.778. The summed E-state index contributed by atoms with van der Waals surface area (Å²) in [6.45, 7) is 2.35. The Balaban J connectivity index is 2.71. The van der Waals surface area contributed by atoms with E-state index in [0.717, 1.165) is 4.90 Å². The Morgan fingerprint density at radius 3 is 2.50 bits per heavy atom. The number of carbonyl (C=O) groups is 1. The number of nitrogens with zero attached hydrogens (tertiary/aromatic N) is 2. The van der Waals surface area contributed by atoms with E-state index in [1.54, 1.807) is 0 Å². The largest absolute Gasteiger partial charge is 0.335 e. The first-order valence-electron chi connectivity index (χ1n) is 4.37. The Hall–Kier alpha value is -1.18. The van der Waals surface area contributed by atoms with Gasteiger partial charge < -0.3 is 4.90 Å². The fourth-order valence-electron chi connectivity index (χ4n) is 1.35. The topological polar surface area (TPSA) is 44.1 Å². The molecule has 0 bridgehead atoms. The minimum Gasteiger partial charge on any atom is -0.335 e. The van der Waals surface area contributed by atoms with Crippen molar-refractivity contribution in [2.75, 3.05) is 13.1 Å². The van der Waals surface area contributed by atoms with Crippen molar-refractivity contribution in [3.8, 4) is 6.07 Å². The number of halogens is 2. The van der Waals surface area contributed by atoms with Crippen LogP contribution in [0, 0.1) is 16.7 Å². The van der Waals surface area contributed by atoms with E-state index in [2.05, 4.69) is 0 Å². The molecule has 3 nitrogen and oxygen atoms in total. The molecule has 1 aliphatic heterocycles. The van der Waals surface area contributed by atoms with Gasteiger partial charge in [0.15, 0.2) is 0 Å². The van der Waals surface area contributed by atoms with Crippen molar-refractivity contribution >= 4 is 5.91 Å². The number of nitriles is 1. The van der Waals surface area contributed by atoms with Crippen LogP contribution in [0.5, 0.6) is 0 Å². The van der Waals surface area contributed by atoms with E-state index in [4.69, 9.17) is 5.26 Å². The molecule has 5 heteroatoms. The van der Waals surface area contributed by atoms with Gasteiger partial charge in [0.1, 0.15) is 5.41 Å². The zero-order valence-electron chi connectivity index (χ0n) is 8.18. The molecule has 0 unspecified atom stereocenters. The van der Waals surface area contributed by atoms with Crippen LogP contribution >= 0.6 is 0 Å². The molecule has 0 saturated carbocycles. The summed E-state index contributed by atoms with van der Waals surface area (Å²) >= 11 is 0. The van der Waals surface area contributed by atoms with Gasteiger partial charge in [-0.1, -0.05) is 0 Å². The van der Waals surface area contributed by atoms with Crippen LogP contribution in [-0.2, 0) is 4.79 Å². The molecule has 1 fully saturated rings. The molecule has 0 aliphatic carbocycles. The average molecular weight is 202 g/mol. The molecule has 1 heterocycles. The molecule has 0 spiro atoms. The third-order valence-electron chi connectivity index (χ3n) is 2.27. The lowest BCUT2D eigenvalue weighted by atomic mass is 9.94. The van der Waals surface area contributed by atoms with Crippen molar-refractivity contribution in [1.82, 2.24) is 4.90 Å². The fourth-order valence-corrected chi connectivity index (χ4v) is 1.35. The summed E-state index contributed by atoms with van der Waals surface area (Å²) in [5.41, 5.74) is -1.21. The van der Waals surface area contributed by atoms with Crippen LogP contribution < -0.4 is 0 Å². The summed E-state index contributed by atoms with van der Waals surface area (Å²) in [4.78, 5) is 12.6. The number of alkyl halides is 2. The van der Waals surface area contributed by atoms with Gasteiger partial charge >= 0.3 is 0 Å². The molecule has 14 heavy (non-hydrogen) atoms. The summed E-state index contributed by atoms with van der Waals surface area (Å²) in [7, 11) is 0. The lowest BCUT2D eigenvalue weighted by Crippen LogP contribution is -2.40. The second-order valence-corrected chi connectivity index (χ2v) is 4.07. The highest BCUT2D eigenvalue weighted by Gasteiger charge is 2.44. The van der Waals surface area contributed by atoms with E-state index in [-0.39, 0.29) is 13.0 Å². The minimum atomic E-state index is -2.79. The zero-order valence-corrected chi connectivity index (χ0v) is 8.18. The summed E-state index contributed by atoms with van der Waals surface area (Å²) < 4.78 is 25.5. The summed E-state index contributed by atoms with van der Waals surface area (Å²) in [6.07, 6.45) is -0.305. The van der Waals surface area contributed by atoms with Crippen LogP contribution in [0.4, 0.5) is 8.78 Å². The van der Waals surface area contributed by atoms with E-state index in [1.807, 2.05) is 6.07 Å². The average Bonchev–Trinajstić information content (AvgIpc) is 2.44. The standard InChI is InChI=1S/C9H12F2N2O/c1-8(2,5-12)7(14)13-4-3-9(10,11)6-13/h3-4,6H2,1-2H3. The number of hydrogen-bond donors (Lipinski definition) is 0. The number of amides is 1. The van der Waals surface area contributed by atoms with E-state index in [9.17, 15) is 13.6 Å². The maximum atomic E-state index is 12.8. The zero-order chi connectivity index (χ0) is 11.0. The van der Waals surface area contributed by atoms with Gasteiger partial charge in [0.2, 0.25) is 5.91 Å². The molecule has 0 radical (unpaired) electrons. The molecule has 0 atom stereocenters. The van der Waals surface area contributed by atoms with E-state index < -0.39 is 23.8 Å². The summed E-state index contributed by atoms with van der Waals surface area (Å²) in [5, 5.41) is 8.67. The number of rotatable bonds is 1. The normalized spacial score (nSPS) is 20.6. The third kappa shape index (κ3) is 2.00. The Labute approximate surface area is 81.3 Å². The van der Waals surface area contributed by atoms with Gasteiger partial charge in [-0.05, 0) is 13.8 Å². The Morgan fingerprint density at radius 1 is 1.57 bits per heavy atom. The number of likely N-dealkylation sites (tertiary alicyclic amines) is 1.